The molecule has 19 heavy (non-hydrogen) atoms. The highest BCUT2D eigenvalue weighted by molar-refractivity contribution is 9.10. The lowest BCUT2D eigenvalue weighted by molar-refractivity contribution is 0.0685. The van der Waals surface area contributed by atoms with Crippen LogP contribution in [-0.2, 0) is 6.61 Å². The summed E-state index contributed by atoms with van der Waals surface area (Å²) in [7, 11) is 0. The molecule has 0 atom stereocenters. The number of halogens is 2. The van der Waals surface area contributed by atoms with Crippen molar-refractivity contribution in [2.24, 2.45) is 0 Å². The van der Waals surface area contributed by atoms with Gasteiger partial charge in [0.1, 0.15) is 12.4 Å². The van der Waals surface area contributed by atoms with Crippen molar-refractivity contribution in [3.05, 3.63) is 58.1 Å². The number of nitrogens with zero attached hydrogens (tertiary/aromatic N) is 1. The van der Waals surface area contributed by atoms with E-state index in [0.717, 1.165) is 0 Å². The Morgan fingerprint density at radius 3 is 2.95 bits per heavy atom. The van der Waals surface area contributed by atoms with E-state index in [-0.39, 0.29) is 23.9 Å². The molecule has 0 fully saturated rings. The smallest absolute Gasteiger partial charge is 0.358 e. The van der Waals surface area contributed by atoms with Gasteiger partial charge < -0.3 is 9.84 Å². The predicted molar refractivity (Wildman–Crippen MR) is 69.6 cm³/mol. The van der Waals surface area contributed by atoms with E-state index in [1.807, 2.05) is 0 Å². The number of carbonyl (C=O) groups is 1. The predicted octanol–water partition coefficient (Wildman–Crippen LogP) is 3.26. The first-order valence-electron chi connectivity index (χ1n) is 5.33. The summed E-state index contributed by atoms with van der Waals surface area (Å²) >= 11 is 3.27. The summed E-state index contributed by atoms with van der Waals surface area (Å²) < 4.78 is 19.2. The Morgan fingerprint density at radius 2 is 2.21 bits per heavy atom. The fraction of sp³-hybridized carbons (Fsp3) is 0.0769. The van der Waals surface area contributed by atoms with E-state index in [1.54, 1.807) is 12.1 Å². The van der Waals surface area contributed by atoms with E-state index in [2.05, 4.69) is 20.9 Å². The number of carboxylic acids is 1. The molecule has 1 aromatic heterocycles. The molecule has 0 aliphatic rings. The van der Waals surface area contributed by atoms with E-state index in [1.165, 1.54) is 24.4 Å². The normalized spacial score (nSPS) is 10.2. The topological polar surface area (TPSA) is 59.4 Å². The van der Waals surface area contributed by atoms with Crippen molar-refractivity contribution in [3.63, 3.8) is 0 Å². The maximum absolute atomic E-state index is 13.1. The molecule has 2 rings (SSSR count). The van der Waals surface area contributed by atoms with Gasteiger partial charge in [-0.2, -0.15) is 0 Å². The maximum atomic E-state index is 13.1. The molecule has 6 heteroatoms. The Morgan fingerprint density at radius 1 is 1.42 bits per heavy atom. The molecule has 0 amide bonds. The van der Waals surface area contributed by atoms with E-state index in [0.29, 0.717) is 10.0 Å². The van der Waals surface area contributed by atoms with E-state index in [9.17, 15) is 9.18 Å². The number of rotatable bonds is 4. The molecule has 0 bridgehead atoms. The molecular formula is C13H9BrFNO3. The molecule has 0 radical (unpaired) electrons. The van der Waals surface area contributed by atoms with Crippen molar-refractivity contribution in [2.45, 2.75) is 6.61 Å². The third kappa shape index (κ3) is 3.29. The molecule has 0 saturated carbocycles. The lowest BCUT2D eigenvalue weighted by Gasteiger charge is -2.09. The standard InChI is InChI=1S/C13H9BrFNO3/c14-10-4-3-9(15)6-8(10)7-19-11-2-1-5-16-12(11)13(17)18/h1-6H,7H2,(H,17,18). The van der Waals surface area contributed by atoms with E-state index < -0.39 is 5.97 Å². The summed E-state index contributed by atoms with van der Waals surface area (Å²) in [5.41, 5.74) is 0.412. The van der Waals surface area contributed by atoms with Crippen molar-refractivity contribution in [1.82, 2.24) is 4.98 Å². The van der Waals surface area contributed by atoms with E-state index in [4.69, 9.17) is 9.84 Å². The van der Waals surface area contributed by atoms with Gasteiger partial charge in [-0.05, 0) is 30.3 Å². The second kappa shape index (κ2) is 5.79. The molecule has 1 N–H and O–H groups in total. The molecule has 0 aliphatic carbocycles. The molecule has 0 spiro atoms. The monoisotopic (exact) mass is 325 g/mol. The van der Waals surface area contributed by atoms with Gasteiger partial charge in [0.25, 0.3) is 0 Å². The van der Waals surface area contributed by atoms with Crippen molar-refractivity contribution in [2.75, 3.05) is 0 Å². The highest BCUT2D eigenvalue weighted by Gasteiger charge is 2.12. The molecule has 4 nitrogen and oxygen atoms in total. The first-order chi connectivity index (χ1) is 9.08. The van der Waals surface area contributed by atoms with Crippen LogP contribution in [0.5, 0.6) is 5.75 Å². The number of aromatic carboxylic acids is 1. The van der Waals surface area contributed by atoms with Crippen LogP contribution in [0, 0.1) is 5.82 Å². The Kier molecular flexibility index (Phi) is 4.11. The Labute approximate surface area is 117 Å². The van der Waals surface area contributed by atoms with Crippen LogP contribution >= 0.6 is 15.9 Å². The van der Waals surface area contributed by atoms with E-state index >= 15 is 0 Å². The summed E-state index contributed by atoms with van der Waals surface area (Å²) in [4.78, 5) is 14.7. The number of aromatic nitrogens is 1. The van der Waals surface area contributed by atoms with Crippen LogP contribution in [0.4, 0.5) is 4.39 Å². The fourth-order valence-electron chi connectivity index (χ4n) is 1.48. The van der Waals surface area contributed by atoms with Crippen LogP contribution in [0.25, 0.3) is 0 Å². The Bertz CT molecular complexity index is 619. The number of hydrogen-bond donors (Lipinski definition) is 1. The summed E-state index contributed by atoms with van der Waals surface area (Å²) in [5.74, 6) is -1.41. The Balaban J connectivity index is 2.19. The molecular weight excluding hydrogens is 317 g/mol. The maximum Gasteiger partial charge on any atom is 0.358 e. The average Bonchev–Trinajstić information content (AvgIpc) is 2.40. The minimum atomic E-state index is -1.17. The Hall–Kier alpha value is -1.95. The summed E-state index contributed by atoms with van der Waals surface area (Å²) in [6, 6.07) is 7.28. The minimum absolute atomic E-state index is 0.0459. The third-order valence-electron chi connectivity index (χ3n) is 2.36. The van der Waals surface area contributed by atoms with Gasteiger partial charge in [-0.1, -0.05) is 15.9 Å². The van der Waals surface area contributed by atoms with Crippen molar-refractivity contribution in [3.8, 4) is 5.75 Å². The first-order valence-corrected chi connectivity index (χ1v) is 6.12. The number of benzene rings is 1. The van der Waals surface area contributed by atoms with Crippen molar-refractivity contribution >= 4 is 21.9 Å². The molecule has 1 aromatic carbocycles. The van der Waals surface area contributed by atoms with Crippen molar-refractivity contribution < 1.29 is 19.0 Å². The minimum Gasteiger partial charge on any atom is -0.486 e. The quantitative estimate of drug-likeness (QED) is 0.937. The zero-order valence-corrected chi connectivity index (χ0v) is 11.2. The van der Waals surface area contributed by atoms with Gasteiger partial charge in [-0.15, -0.1) is 0 Å². The number of ether oxygens (including phenoxy) is 1. The summed E-state index contributed by atoms with van der Waals surface area (Å²) in [6.07, 6.45) is 1.37. The number of hydrogen-bond acceptors (Lipinski definition) is 3. The van der Waals surface area contributed by atoms with Crippen LogP contribution in [0.2, 0.25) is 0 Å². The van der Waals surface area contributed by atoms with Crippen molar-refractivity contribution in [1.29, 1.82) is 0 Å². The number of pyridine rings is 1. The molecule has 0 aliphatic heterocycles. The van der Waals surface area contributed by atoms with Gasteiger partial charge in [0.05, 0.1) is 0 Å². The third-order valence-corrected chi connectivity index (χ3v) is 3.14. The second-order valence-electron chi connectivity index (χ2n) is 3.68. The summed E-state index contributed by atoms with van der Waals surface area (Å²) in [6.45, 7) is 0.0459. The molecule has 1 heterocycles. The highest BCUT2D eigenvalue weighted by Crippen LogP contribution is 2.21. The van der Waals surface area contributed by atoms with Gasteiger partial charge in [0, 0.05) is 16.2 Å². The van der Waals surface area contributed by atoms with Crippen LogP contribution < -0.4 is 4.74 Å². The molecule has 0 saturated heterocycles. The lowest BCUT2D eigenvalue weighted by atomic mass is 10.2. The van der Waals surface area contributed by atoms with Crippen LogP contribution in [0.15, 0.2) is 41.0 Å². The SMILES string of the molecule is O=C(O)c1ncccc1OCc1cc(F)ccc1Br. The average molecular weight is 326 g/mol. The van der Waals surface area contributed by atoms with Crippen LogP contribution in [-0.4, -0.2) is 16.1 Å². The van der Waals surface area contributed by atoms with Gasteiger partial charge in [0.15, 0.2) is 11.4 Å². The zero-order chi connectivity index (χ0) is 13.8. The van der Waals surface area contributed by atoms with Gasteiger partial charge in [-0.3, -0.25) is 0 Å². The highest BCUT2D eigenvalue weighted by atomic mass is 79.9. The fourth-order valence-corrected chi connectivity index (χ4v) is 1.84. The summed E-state index contributed by atoms with van der Waals surface area (Å²) in [5, 5.41) is 8.95. The van der Waals surface area contributed by atoms with Gasteiger partial charge in [0.2, 0.25) is 0 Å². The van der Waals surface area contributed by atoms with Gasteiger partial charge >= 0.3 is 5.97 Å². The molecule has 0 unspecified atom stereocenters. The number of carboxylic acid groups (broad SMARTS) is 1. The largest absolute Gasteiger partial charge is 0.486 e. The molecule has 98 valence electrons. The second-order valence-corrected chi connectivity index (χ2v) is 4.53. The lowest BCUT2D eigenvalue weighted by Crippen LogP contribution is -2.06. The van der Waals surface area contributed by atoms with Crippen LogP contribution in [0.3, 0.4) is 0 Å². The first kappa shape index (κ1) is 13.5. The molecule has 2 aromatic rings. The van der Waals surface area contributed by atoms with Gasteiger partial charge in [-0.25, -0.2) is 14.2 Å². The zero-order valence-electron chi connectivity index (χ0n) is 9.64. The van der Waals surface area contributed by atoms with Crippen LogP contribution in [0.1, 0.15) is 16.1 Å².